The number of ether oxygens (including phenoxy) is 3. The predicted octanol–water partition coefficient (Wildman–Crippen LogP) is 2.77. The van der Waals surface area contributed by atoms with Crippen molar-refractivity contribution in [3.05, 3.63) is 17.7 Å². The molecule has 0 aromatic heterocycles. The zero-order chi connectivity index (χ0) is 13.5. The lowest BCUT2D eigenvalue weighted by Crippen LogP contribution is -2.20. The summed E-state index contributed by atoms with van der Waals surface area (Å²) in [6.07, 6.45) is 0.986. The van der Waals surface area contributed by atoms with Gasteiger partial charge in [-0.2, -0.15) is 0 Å². The van der Waals surface area contributed by atoms with Crippen LogP contribution < -0.4 is 19.5 Å². The van der Waals surface area contributed by atoms with Crippen LogP contribution >= 0.6 is 0 Å². The molecule has 0 aliphatic rings. The molecule has 1 aromatic rings. The van der Waals surface area contributed by atoms with Crippen molar-refractivity contribution in [3.8, 4) is 17.2 Å². The van der Waals surface area contributed by atoms with Crippen molar-refractivity contribution in [2.45, 2.75) is 26.3 Å². The van der Waals surface area contributed by atoms with Gasteiger partial charge in [-0.05, 0) is 25.1 Å². The molecule has 0 aliphatic heterocycles. The lowest BCUT2D eigenvalue weighted by molar-refractivity contribution is 0.319. The second-order valence-electron chi connectivity index (χ2n) is 3.94. The SMILES string of the molecule is CCNC(CC)c1ccc(OC)c(OC)c1OC. The number of methoxy groups -OCH3 is 3. The fourth-order valence-corrected chi connectivity index (χ4v) is 2.12. The molecule has 4 nitrogen and oxygen atoms in total. The number of rotatable bonds is 7. The fraction of sp³-hybridized carbons (Fsp3) is 0.571. The molecule has 0 heterocycles. The van der Waals surface area contributed by atoms with Crippen molar-refractivity contribution in [1.29, 1.82) is 0 Å². The zero-order valence-corrected chi connectivity index (χ0v) is 11.9. The summed E-state index contributed by atoms with van der Waals surface area (Å²) in [5.74, 6) is 2.07. The number of nitrogens with one attached hydrogen (secondary N) is 1. The molecule has 18 heavy (non-hydrogen) atoms. The topological polar surface area (TPSA) is 39.7 Å². The summed E-state index contributed by atoms with van der Waals surface area (Å²) in [5.41, 5.74) is 1.10. The summed E-state index contributed by atoms with van der Waals surface area (Å²) in [5, 5.41) is 3.44. The second-order valence-corrected chi connectivity index (χ2v) is 3.94. The summed E-state index contributed by atoms with van der Waals surface area (Å²) < 4.78 is 16.2. The Kier molecular flexibility index (Phi) is 5.78. The summed E-state index contributed by atoms with van der Waals surface area (Å²) in [6, 6.07) is 4.19. The highest BCUT2D eigenvalue weighted by molar-refractivity contribution is 5.56. The van der Waals surface area contributed by atoms with Crippen LogP contribution in [0.25, 0.3) is 0 Å². The molecule has 0 fully saturated rings. The van der Waals surface area contributed by atoms with Gasteiger partial charge >= 0.3 is 0 Å². The Morgan fingerprint density at radius 1 is 1.00 bits per heavy atom. The Hall–Kier alpha value is -1.42. The third-order valence-electron chi connectivity index (χ3n) is 2.97. The Labute approximate surface area is 109 Å². The first-order valence-corrected chi connectivity index (χ1v) is 6.25. The van der Waals surface area contributed by atoms with Crippen molar-refractivity contribution in [2.75, 3.05) is 27.9 Å². The Morgan fingerprint density at radius 2 is 1.67 bits per heavy atom. The smallest absolute Gasteiger partial charge is 0.203 e. The van der Waals surface area contributed by atoms with Crippen LogP contribution in [0.1, 0.15) is 31.9 Å². The minimum Gasteiger partial charge on any atom is -0.493 e. The van der Waals surface area contributed by atoms with Crippen LogP contribution in [0.2, 0.25) is 0 Å². The molecular formula is C14H23NO3. The van der Waals surface area contributed by atoms with Crippen molar-refractivity contribution in [2.24, 2.45) is 0 Å². The van der Waals surface area contributed by atoms with Crippen molar-refractivity contribution < 1.29 is 14.2 Å². The Bertz CT molecular complexity index is 380. The molecule has 0 saturated heterocycles. The highest BCUT2D eigenvalue weighted by Crippen LogP contribution is 2.42. The first-order chi connectivity index (χ1) is 8.73. The lowest BCUT2D eigenvalue weighted by atomic mass is 10.0. The summed E-state index contributed by atoms with van der Waals surface area (Å²) in [6.45, 7) is 5.15. The van der Waals surface area contributed by atoms with E-state index < -0.39 is 0 Å². The normalized spacial score (nSPS) is 12.1. The predicted molar refractivity (Wildman–Crippen MR) is 72.8 cm³/mol. The third-order valence-corrected chi connectivity index (χ3v) is 2.97. The average Bonchev–Trinajstić information content (AvgIpc) is 2.42. The average molecular weight is 253 g/mol. The van der Waals surface area contributed by atoms with Gasteiger partial charge < -0.3 is 19.5 Å². The van der Waals surface area contributed by atoms with Crippen LogP contribution in [0.3, 0.4) is 0 Å². The minimum atomic E-state index is 0.254. The molecule has 0 saturated carbocycles. The maximum Gasteiger partial charge on any atom is 0.203 e. The van der Waals surface area contributed by atoms with Crippen molar-refractivity contribution in [3.63, 3.8) is 0 Å². The van der Waals surface area contributed by atoms with E-state index in [1.54, 1.807) is 21.3 Å². The van der Waals surface area contributed by atoms with Gasteiger partial charge in [0.05, 0.1) is 21.3 Å². The molecule has 1 atom stereocenters. The van der Waals surface area contributed by atoms with E-state index in [1.165, 1.54) is 0 Å². The molecule has 1 rings (SSSR count). The molecule has 0 aliphatic carbocycles. The summed E-state index contributed by atoms with van der Waals surface area (Å²) >= 11 is 0. The molecular weight excluding hydrogens is 230 g/mol. The maximum atomic E-state index is 5.49. The van der Waals surface area contributed by atoms with E-state index in [0.29, 0.717) is 11.5 Å². The van der Waals surface area contributed by atoms with Crippen LogP contribution in [0.15, 0.2) is 12.1 Å². The highest BCUT2D eigenvalue weighted by atomic mass is 16.5. The molecule has 0 radical (unpaired) electrons. The van der Waals surface area contributed by atoms with Gasteiger partial charge in [0.25, 0.3) is 0 Å². The van der Waals surface area contributed by atoms with Crippen LogP contribution in [0.4, 0.5) is 0 Å². The monoisotopic (exact) mass is 253 g/mol. The van der Waals surface area contributed by atoms with Crippen LogP contribution in [0, 0.1) is 0 Å². The van der Waals surface area contributed by atoms with E-state index in [9.17, 15) is 0 Å². The summed E-state index contributed by atoms with van der Waals surface area (Å²) in [7, 11) is 4.90. The molecule has 4 heteroatoms. The number of hydrogen-bond donors (Lipinski definition) is 1. The van der Waals surface area contributed by atoms with E-state index in [4.69, 9.17) is 14.2 Å². The molecule has 0 amide bonds. The fourth-order valence-electron chi connectivity index (χ4n) is 2.12. The van der Waals surface area contributed by atoms with Crippen LogP contribution in [-0.2, 0) is 0 Å². The van der Waals surface area contributed by atoms with Gasteiger partial charge in [0.1, 0.15) is 0 Å². The maximum absolute atomic E-state index is 5.49. The van der Waals surface area contributed by atoms with E-state index >= 15 is 0 Å². The zero-order valence-electron chi connectivity index (χ0n) is 11.9. The molecule has 1 N–H and O–H groups in total. The molecule has 0 spiro atoms. The third kappa shape index (κ3) is 2.88. The first-order valence-electron chi connectivity index (χ1n) is 6.25. The standard InChI is InChI=1S/C14H23NO3/c1-6-11(15-7-2)10-8-9-12(16-3)14(18-5)13(10)17-4/h8-9,11,15H,6-7H2,1-5H3. The van der Waals surface area contributed by atoms with Gasteiger partial charge in [-0.15, -0.1) is 0 Å². The van der Waals surface area contributed by atoms with Gasteiger partial charge in [-0.1, -0.05) is 13.8 Å². The van der Waals surface area contributed by atoms with E-state index in [-0.39, 0.29) is 6.04 Å². The van der Waals surface area contributed by atoms with Gasteiger partial charge in [-0.25, -0.2) is 0 Å². The van der Waals surface area contributed by atoms with E-state index in [1.807, 2.05) is 12.1 Å². The first kappa shape index (κ1) is 14.6. The molecule has 1 unspecified atom stereocenters. The Morgan fingerprint density at radius 3 is 2.11 bits per heavy atom. The van der Waals surface area contributed by atoms with Crippen molar-refractivity contribution in [1.82, 2.24) is 5.32 Å². The van der Waals surface area contributed by atoms with Crippen molar-refractivity contribution >= 4 is 0 Å². The summed E-state index contributed by atoms with van der Waals surface area (Å²) in [4.78, 5) is 0. The van der Waals surface area contributed by atoms with E-state index in [2.05, 4.69) is 19.2 Å². The van der Waals surface area contributed by atoms with Crippen LogP contribution in [-0.4, -0.2) is 27.9 Å². The minimum absolute atomic E-state index is 0.254. The van der Waals surface area contributed by atoms with Gasteiger partial charge in [0, 0.05) is 11.6 Å². The van der Waals surface area contributed by atoms with Gasteiger partial charge in [0.15, 0.2) is 11.5 Å². The molecule has 0 bridgehead atoms. The lowest BCUT2D eigenvalue weighted by Gasteiger charge is -2.22. The van der Waals surface area contributed by atoms with Crippen LogP contribution in [0.5, 0.6) is 17.2 Å². The quantitative estimate of drug-likeness (QED) is 0.811. The van der Waals surface area contributed by atoms with Gasteiger partial charge in [-0.3, -0.25) is 0 Å². The number of benzene rings is 1. The molecule has 1 aromatic carbocycles. The van der Waals surface area contributed by atoms with Gasteiger partial charge in [0.2, 0.25) is 5.75 Å². The number of hydrogen-bond acceptors (Lipinski definition) is 4. The largest absolute Gasteiger partial charge is 0.493 e. The Balaban J connectivity index is 3.26. The van der Waals surface area contributed by atoms with E-state index in [0.717, 1.165) is 24.3 Å². The highest BCUT2D eigenvalue weighted by Gasteiger charge is 2.20. The molecule has 102 valence electrons. The second kappa shape index (κ2) is 7.11.